The lowest BCUT2D eigenvalue weighted by atomic mass is 10.1. The standard InChI is InChI=1S/C16H19N3O4/c1-3-23-16(22)14-12(10-19(2)18-14)9-17-13(15(20)21)11-7-5-4-6-8-11/h4-8,10,13,17H,3,9H2,1-2H3,(H,20,21)/t13-/m0/s1. The van der Waals surface area contributed by atoms with Crippen LogP contribution in [0.25, 0.3) is 0 Å². The van der Waals surface area contributed by atoms with Gasteiger partial charge in [0.1, 0.15) is 6.04 Å². The molecule has 2 rings (SSSR count). The fraction of sp³-hybridized carbons (Fsp3) is 0.312. The molecule has 0 bridgehead atoms. The fourth-order valence-electron chi connectivity index (χ4n) is 2.24. The molecule has 0 saturated carbocycles. The minimum absolute atomic E-state index is 0.188. The first-order chi connectivity index (χ1) is 11.0. The van der Waals surface area contributed by atoms with Crippen LogP contribution in [0.15, 0.2) is 36.5 Å². The van der Waals surface area contributed by atoms with Crippen molar-refractivity contribution in [3.63, 3.8) is 0 Å². The first kappa shape index (κ1) is 16.7. The summed E-state index contributed by atoms with van der Waals surface area (Å²) in [4.78, 5) is 23.4. The second-order valence-corrected chi connectivity index (χ2v) is 4.96. The molecule has 0 aliphatic rings. The molecule has 1 atom stereocenters. The summed E-state index contributed by atoms with van der Waals surface area (Å²) in [6.45, 7) is 2.16. The Hall–Kier alpha value is -2.67. The van der Waals surface area contributed by atoms with Crippen LogP contribution in [0.3, 0.4) is 0 Å². The van der Waals surface area contributed by atoms with Crippen molar-refractivity contribution in [1.82, 2.24) is 15.1 Å². The summed E-state index contributed by atoms with van der Waals surface area (Å²) in [7, 11) is 1.69. The van der Waals surface area contributed by atoms with Crippen LogP contribution in [0, 0.1) is 0 Å². The number of nitrogens with one attached hydrogen (secondary N) is 1. The van der Waals surface area contributed by atoms with Gasteiger partial charge in [0.05, 0.1) is 6.61 Å². The Morgan fingerprint density at radius 3 is 2.65 bits per heavy atom. The normalized spacial score (nSPS) is 11.9. The maximum Gasteiger partial charge on any atom is 0.359 e. The average molecular weight is 317 g/mol. The molecular weight excluding hydrogens is 298 g/mol. The van der Waals surface area contributed by atoms with Crippen LogP contribution in [0.1, 0.15) is 34.6 Å². The highest BCUT2D eigenvalue weighted by molar-refractivity contribution is 5.88. The van der Waals surface area contributed by atoms with Gasteiger partial charge in [0.15, 0.2) is 5.69 Å². The van der Waals surface area contributed by atoms with Crippen molar-refractivity contribution in [2.45, 2.75) is 19.5 Å². The first-order valence-corrected chi connectivity index (χ1v) is 7.23. The molecule has 0 radical (unpaired) electrons. The van der Waals surface area contributed by atoms with Crippen molar-refractivity contribution >= 4 is 11.9 Å². The van der Waals surface area contributed by atoms with Gasteiger partial charge in [-0.05, 0) is 12.5 Å². The zero-order chi connectivity index (χ0) is 16.8. The predicted octanol–water partition coefficient (Wildman–Crippen LogP) is 1.51. The van der Waals surface area contributed by atoms with Crippen LogP contribution >= 0.6 is 0 Å². The van der Waals surface area contributed by atoms with E-state index in [1.807, 2.05) is 6.07 Å². The van der Waals surface area contributed by atoms with Gasteiger partial charge in [0, 0.05) is 25.4 Å². The van der Waals surface area contributed by atoms with Crippen molar-refractivity contribution in [3.05, 3.63) is 53.3 Å². The Labute approximate surface area is 133 Å². The number of hydrogen-bond donors (Lipinski definition) is 2. The molecule has 122 valence electrons. The summed E-state index contributed by atoms with van der Waals surface area (Å²) < 4.78 is 6.46. The van der Waals surface area contributed by atoms with Gasteiger partial charge in [-0.1, -0.05) is 30.3 Å². The topological polar surface area (TPSA) is 93.5 Å². The third kappa shape index (κ3) is 4.17. The van der Waals surface area contributed by atoms with Gasteiger partial charge in [-0.3, -0.25) is 14.8 Å². The van der Waals surface area contributed by atoms with Crippen LogP contribution in [-0.2, 0) is 23.1 Å². The van der Waals surface area contributed by atoms with E-state index < -0.39 is 18.0 Å². The van der Waals surface area contributed by atoms with E-state index in [4.69, 9.17) is 4.74 Å². The fourth-order valence-corrected chi connectivity index (χ4v) is 2.24. The zero-order valence-corrected chi connectivity index (χ0v) is 13.0. The SMILES string of the molecule is CCOC(=O)c1nn(C)cc1CN[C@H](C(=O)O)c1ccccc1. The Morgan fingerprint density at radius 2 is 2.04 bits per heavy atom. The van der Waals surface area contributed by atoms with Crippen molar-refractivity contribution in [2.24, 2.45) is 7.05 Å². The third-order valence-corrected chi connectivity index (χ3v) is 3.25. The van der Waals surface area contributed by atoms with Gasteiger partial charge in [-0.25, -0.2) is 4.79 Å². The molecule has 1 aromatic carbocycles. The number of rotatable bonds is 7. The Bertz CT molecular complexity index is 682. The summed E-state index contributed by atoms with van der Waals surface area (Å²) in [5.41, 5.74) is 1.42. The van der Waals surface area contributed by atoms with Crippen LogP contribution < -0.4 is 5.32 Å². The number of hydrogen-bond acceptors (Lipinski definition) is 5. The lowest BCUT2D eigenvalue weighted by molar-refractivity contribution is -0.139. The van der Waals surface area contributed by atoms with Gasteiger partial charge in [0.2, 0.25) is 0 Å². The van der Waals surface area contributed by atoms with Gasteiger partial charge >= 0.3 is 11.9 Å². The Morgan fingerprint density at radius 1 is 1.35 bits per heavy atom. The highest BCUT2D eigenvalue weighted by Gasteiger charge is 2.22. The summed E-state index contributed by atoms with van der Waals surface area (Å²) in [6, 6.07) is 7.99. The van der Waals surface area contributed by atoms with E-state index in [-0.39, 0.29) is 18.8 Å². The maximum absolute atomic E-state index is 11.9. The molecule has 23 heavy (non-hydrogen) atoms. The highest BCUT2D eigenvalue weighted by atomic mass is 16.5. The largest absolute Gasteiger partial charge is 0.480 e. The molecule has 2 N–H and O–H groups in total. The average Bonchev–Trinajstić information content (AvgIpc) is 2.89. The van der Waals surface area contributed by atoms with Crippen LogP contribution in [0.2, 0.25) is 0 Å². The first-order valence-electron chi connectivity index (χ1n) is 7.23. The zero-order valence-electron chi connectivity index (χ0n) is 13.0. The molecule has 0 spiro atoms. The van der Waals surface area contributed by atoms with E-state index >= 15 is 0 Å². The molecule has 0 saturated heterocycles. The molecule has 0 fully saturated rings. The number of benzene rings is 1. The molecule has 0 aliphatic carbocycles. The third-order valence-electron chi connectivity index (χ3n) is 3.25. The molecular formula is C16H19N3O4. The minimum Gasteiger partial charge on any atom is -0.480 e. The van der Waals surface area contributed by atoms with Crippen molar-refractivity contribution in [2.75, 3.05) is 6.61 Å². The Balaban J connectivity index is 2.16. The summed E-state index contributed by atoms with van der Waals surface area (Å²) in [6.07, 6.45) is 1.67. The van der Waals surface area contributed by atoms with Gasteiger partial charge in [0.25, 0.3) is 0 Å². The number of nitrogens with zero attached hydrogens (tertiary/aromatic N) is 2. The molecule has 7 nitrogen and oxygen atoms in total. The van der Waals surface area contributed by atoms with Crippen molar-refractivity contribution in [3.8, 4) is 0 Å². The number of aryl methyl sites for hydroxylation is 1. The molecule has 0 amide bonds. The van der Waals surface area contributed by atoms with Crippen LogP contribution in [0.4, 0.5) is 0 Å². The maximum atomic E-state index is 11.9. The van der Waals surface area contributed by atoms with Gasteiger partial charge in [-0.15, -0.1) is 0 Å². The molecule has 1 aromatic heterocycles. The molecule has 0 unspecified atom stereocenters. The van der Waals surface area contributed by atoms with E-state index in [1.165, 1.54) is 4.68 Å². The summed E-state index contributed by atoms with van der Waals surface area (Å²) >= 11 is 0. The number of carbonyl (C=O) groups excluding carboxylic acids is 1. The lowest BCUT2D eigenvalue weighted by Gasteiger charge is -2.14. The number of aliphatic carboxylic acids is 1. The lowest BCUT2D eigenvalue weighted by Crippen LogP contribution is -2.28. The highest BCUT2D eigenvalue weighted by Crippen LogP contribution is 2.15. The number of carboxylic acids is 1. The van der Waals surface area contributed by atoms with Gasteiger partial charge in [-0.2, -0.15) is 5.10 Å². The monoisotopic (exact) mass is 317 g/mol. The van der Waals surface area contributed by atoms with Crippen molar-refractivity contribution in [1.29, 1.82) is 0 Å². The quantitative estimate of drug-likeness (QED) is 0.752. The van der Waals surface area contributed by atoms with Crippen LogP contribution in [0.5, 0.6) is 0 Å². The molecule has 2 aromatic rings. The van der Waals surface area contributed by atoms with E-state index in [0.29, 0.717) is 11.1 Å². The summed E-state index contributed by atoms with van der Waals surface area (Å²) in [5.74, 6) is -1.51. The number of carbonyl (C=O) groups is 2. The number of carboxylic acid groups (broad SMARTS) is 1. The number of esters is 1. The minimum atomic E-state index is -0.988. The van der Waals surface area contributed by atoms with Crippen LogP contribution in [-0.4, -0.2) is 33.4 Å². The Kier molecular flexibility index (Phi) is 5.48. The smallest absolute Gasteiger partial charge is 0.359 e. The summed E-state index contributed by atoms with van der Waals surface area (Å²) in [5, 5.41) is 16.4. The predicted molar refractivity (Wildman–Crippen MR) is 82.8 cm³/mol. The molecule has 7 heteroatoms. The molecule has 1 heterocycles. The number of aromatic nitrogens is 2. The van der Waals surface area contributed by atoms with E-state index in [2.05, 4.69) is 10.4 Å². The number of ether oxygens (including phenoxy) is 1. The second-order valence-electron chi connectivity index (χ2n) is 4.96. The van der Waals surface area contributed by atoms with Gasteiger partial charge < -0.3 is 9.84 Å². The van der Waals surface area contributed by atoms with Crippen molar-refractivity contribution < 1.29 is 19.4 Å². The molecule has 0 aliphatic heterocycles. The van der Waals surface area contributed by atoms with E-state index in [1.54, 1.807) is 44.4 Å². The van der Waals surface area contributed by atoms with E-state index in [0.717, 1.165) is 0 Å². The van der Waals surface area contributed by atoms with E-state index in [9.17, 15) is 14.7 Å². The second kappa shape index (κ2) is 7.55.